The van der Waals surface area contributed by atoms with Crippen molar-refractivity contribution in [2.75, 3.05) is 32.8 Å². The number of quaternary nitrogens is 1. The van der Waals surface area contributed by atoms with Gasteiger partial charge in [-0.1, -0.05) is 6.07 Å². The van der Waals surface area contributed by atoms with Crippen LogP contribution in [0, 0.1) is 0 Å². The van der Waals surface area contributed by atoms with Gasteiger partial charge in [0.05, 0.1) is 31.1 Å². The molecule has 1 fully saturated rings. The second kappa shape index (κ2) is 7.22. The maximum Gasteiger partial charge on any atom is 0.279 e. The second-order valence-corrected chi connectivity index (χ2v) is 5.29. The van der Waals surface area contributed by atoms with Gasteiger partial charge in [0.25, 0.3) is 5.91 Å². The summed E-state index contributed by atoms with van der Waals surface area (Å²) in [6, 6.07) is 3.51. The van der Waals surface area contributed by atoms with E-state index < -0.39 is 0 Å². The van der Waals surface area contributed by atoms with Crippen LogP contribution >= 0.6 is 11.3 Å². The third kappa shape index (κ3) is 4.62. The summed E-state index contributed by atoms with van der Waals surface area (Å²) in [6.45, 7) is 4.16. The molecular weight excluding hydrogens is 266 g/mol. The fraction of sp³-hybridized carbons (Fsp3) is 0.500. The number of hydrazine groups is 1. The van der Waals surface area contributed by atoms with Crippen LogP contribution in [0.25, 0.3) is 0 Å². The molecule has 7 heteroatoms. The van der Waals surface area contributed by atoms with E-state index in [0.717, 1.165) is 32.8 Å². The summed E-state index contributed by atoms with van der Waals surface area (Å²) in [7, 11) is 0. The van der Waals surface area contributed by atoms with Crippen molar-refractivity contribution in [2.45, 2.75) is 6.42 Å². The van der Waals surface area contributed by atoms with Crippen molar-refractivity contribution in [2.24, 2.45) is 0 Å². The minimum Gasteiger partial charge on any atom is -0.370 e. The first kappa shape index (κ1) is 14.0. The highest BCUT2D eigenvalue weighted by atomic mass is 32.1. The summed E-state index contributed by atoms with van der Waals surface area (Å²) in [6.07, 6.45) is 0.403. The number of amides is 2. The highest BCUT2D eigenvalue weighted by Gasteiger charge is 2.15. The van der Waals surface area contributed by atoms with E-state index in [2.05, 4.69) is 10.9 Å². The topological polar surface area (TPSA) is 71.9 Å². The summed E-state index contributed by atoms with van der Waals surface area (Å²) in [5, 5.41) is 1.82. The van der Waals surface area contributed by atoms with Crippen molar-refractivity contribution in [1.29, 1.82) is 0 Å². The maximum absolute atomic E-state index is 11.6. The molecule has 2 heterocycles. The average molecular weight is 284 g/mol. The highest BCUT2D eigenvalue weighted by molar-refractivity contribution is 7.12. The molecule has 0 bridgehead atoms. The Morgan fingerprint density at radius 2 is 2.11 bits per heavy atom. The molecule has 1 aromatic rings. The van der Waals surface area contributed by atoms with E-state index in [-0.39, 0.29) is 11.8 Å². The third-order valence-electron chi connectivity index (χ3n) is 2.97. The van der Waals surface area contributed by atoms with Crippen molar-refractivity contribution in [3.63, 3.8) is 0 Å². The van der Waals surface area contributed by atoms with Crippen LogP contribution in [0.4, 0.5) is 0 Å². The fourth-order valence-corrected chi connectivity index (χ4v) is 2.48. The molecule has 6 nitrogen and oxygen atoms in total. The maximum atomic E-state index is 11.6. The average Bonchev–Trinajstić information content (AvgIpc) is 2.98. The van der Waals surface area contributed by atoms with Gasteiger partial charge in [-0.25, -0.2) is 0 Å². The SMILES string of the molecule is O=C(CC[NH+]1CCOCC1)NNC(=O)c1cccs1. The van der Waals surface area contributed by atoms with Gasteiger partial charge >= 0.3 is 0 Å². The summed E-state index contributed by atoms with van der Waals surface area (Å²) >= 11 is 1.34. The number of carbonyl (C=O) groups excluding carboxylic acids is 2. The van der Waals surface area contributed by atoms with Crippen LogP contribution in [0.3, 0.4) is 0 Å². The summed E-state index contributed by atoms with van der Waals surface area (Å²) in [5.74, 6) is -0.439. The van der Waals surface area contributed by atoms with Crippen LogP contribution in [0.2, 0.25) is 0 Å². The molecule has 0 radical (unpaired) electrons. The Hall–Kier alpha value is -1.44. The molecule has 1 aromatic heterocycles. The third-order valence-corrected chi connectivity index (χ3v) is 3.83. The number of hydrogen-bond donors (Lipinski definition) is 3. The minimum atomic E-state index is -0.276. The zero-order chi connectivity index (χ0) is 13.5. The Morgan fingerprint density at radius 3 is 2.79 bits per heavy atom. The van der Waals surface area contributed by atoms with Gasteiger partial charge in [-0.3, -0.25) is 20.4 Å². The number of nitrogens with one attached hydrogen (secondary N) is 3. The van der Waals surface area contributed by atoms with Gasteiger partial charge in [-0.05, 0) is 11.4 Å². The predicted octanol–water partition coefficient (Wildman–Crippen LogP) is -1.19. The molecule has 0 aliphatic carbocycles. The number of morpholine rings is 1. The van der Waals surface area contributed by atoms with E-state index in [1.54, 1.807) is 12.1 Å². The summed E-state index contributed by atoms with van der Waals surface area (Å²) in [4.78, 5) is 25.1. The van der Waals surface area contributed by atoms with Crippen molar-refractivity contribution in [3.05, 3.63) is 22.4 Å². The molecule has 1 aliphatic heterocycles. The smallest absolute Gasteiger partial charge is 0.279 e. The monoisotopic (exact) mass is 284 g/mol. The van der Waals surface area contributed by atoms with Crippen LogP contribution in [-0.4, -0.2) is 44.7 Å². The van der Waals surface area contributed by atoms with E-state index in [0.29, 0.717) is 11.3 Å². The van der Waals surface area contributed by atoms with Crippen LogP contribution in [-0.2, 0) is 9.53 Å². The van der Waals surface area contributed by atoms with Gasteiger partial charge in [0.15, 0.2) is 0 Å². The molecule has 0 saturated carbocycles. The lowest BCUT2D eigenvalue weighted by atomic mass is 10.3. The Bertz CT molecular complexity index is 416. The van der Waals surface area contributed by atoms with Crippen LogP contribution in [0.5, 0.6) is 0 Å². The second-order valence-electron chi connectivity index (χ2n) is 4.34. The van der Waals surface area contributed by atoms with Crippen LogP contribution < -0.4 is 15.8 Å². The fourth-order valence-electron chi connectivity index (χ4n) is 1.86. The lowest BCUT2D eigenvalue weighted by molar-refractivity contribution is -0.907. The lowest BCUT2D eigenvalue weighted by Gasteiger charge is -2.23. The summed E-state index contributed by atoms with van der Waals surface area (Å²) < 4.78 is 5.25. The van der Waals surface area contributed by atoms with Crippen LogP contribution in [0.1, 0.15) is 16.1 Å². The van der Waals surface area contributed by atoms with Gasteiger partial charge in [0, 0.05) is 0 Å². The van der Waals surface area contributed by atoms with Crippen LogP contribution in [0.15, 0.2) is 17.5 Å². The molecule has 0 unspecified atom stereocenters. The van der Waals surface area contributed by atoms with Gasteiger partial charge in [0.2, 0.25) is 5.91 Å². The van der Waals surface area contributed by atoms with Gasteiger partial charge < -0.3 is 9.64 Å². The molecular formula is C12H18N3O3S+. The van der Waals surface area contributed by atoms with Crippen molar-refractivity contribution >= 4 is 23.2 Å². The number of ether oxygens (including phenoxy) is 1. The normalized spacial score (nSPS) is 16.0. The van der Waals surface area contributed by atoms with E-state index in [1.807, 2.05) is 5.38 Å². The zero-order valence-corrected chi connectivity index (χ0v) is 11.4. The lowest BCUT2D eigenvalue weighted by Crippen LogP contribution is -3.14. The molecule has 0 atom stereocenters. The standard InChI is InChI=1S/C12H17N3O3S/c16-11(3-4-15-5-7-18-8-6-15)13-14-12(17)10-2-1-9-19-10/h1-2,9H,3-8H2,(H,13,16)(H,14,17)/p+1. The van der Waals surface area contributed by atoms with E-state index in [1.165, 1.54) is 16.2 Å². The molecule has 3 N–H and O–H groups in total. The predicted molar refractivity (Wildman–Crippen MR) is 70.9 cm³/mol. The number of carbonyl (C=O) groups is 2. The van der Waals surface area contributed by atoms with Gasteiger partial charge in [-0.15, -0.1) is 11.3 Å². The molecule has 1 aliphatic rings. The van der Waals surface area contributed by atoms with Crippen molar-refractivity contribution < 1.29 is 19.2 Å². The molecule has 0 spiro atoms. The van der Waals surface area contributed by atoms with E-state index in [9.17, 15) is 9.59 Å². The first-order valence-corrected chi connectivity index (χ1v) is 7.17. The Labute approximate surface area is 115 Å². The largest absolute Gasteiger partial charge is 0.370 e. The first-order chi connectivity index (χ1) is 9.25. The first-order valence-electron chi connectivity index (χ1n) is 6.29. The molecule has 1 saturated heterocycles. The molecule has 0 aromatic carbocycles. The quantitative estimate of drug-likeness (QED) is 0.609. The minimum absolute atomic E-state index is 0.163. The van der Waals surface area contributed by atoms with E-state index in [4.69, 9.17) is 4.74 Å². The zero-order valence-electron chi connectivity index (χ0n) is 10.6. The highest BCUT2D eigenvalue weighted by Crippen LogP contribution is 2.06. The summed E-state index contributed by atoms with van der Waals surface area (Å²) in [5.41, 5.74) is 4.84. The Morgan fingerprint density at radius 1 is 1.32 bits per heavy atom. The van der Waals surface area contributed by atoms with Gasteiger partial charge in [-0.2, -0.15) is 0 Å². The number of thiophene rings is 1. The molecule has 2 rings (SSSR count). The number of rotatable bonds is 4. The molecule has 19 heavy (non-hydrogen) atoms. The van der Waals surface area contributed by atoms with Crippen molar-refractivity contribution in [1.82, 2.24) is 10.9 Å². The molecule has 104 valence electrons. The number of hydrogen-bond acceptors (Lipinski definition) is 4. The Kier molecular flexibility index (Phi) is 5.31. The van der Waals surface area contributed by atoms with Crippen molar-refractivity contribution in [3.8, 4) is 0 Å². The van der Waals surface area contributed by atoms with E-state index >= 15 is 0 Å². The van der Waals surface area contributed by atoms with Gasteiger partial charge in [0.1, 0.15) is 13.1 Å². The Balaban J connectivity index is 1.63. The molecule has 2 amide bonds.